The summed E-state index contributed by atoms with van der Waals surface area (Å²) in [5.74, 6) is -0.450. The summed E-state index contributed by atoms with van der Waals surface area (Å²) in [5, 5.41) is 14.4. The minimum Gasteiger partial charge on any atom is -0.342 e. The number of benzene rings is 2. The predicted molar refractivity (Wildman–Crippen MR) is 121 cm³/mol. The first-order valence-corrected chi connectivity index (χ1v) is 11.3. The lowest BCUT2D eigenvalue weighted by Gasteiger charge is -2.15. The third kappa shape index (κ3) is 5.92. The number of nitrogens with zero attached hydrogens (tertiary/aromatic N) is 3. The minimum atomic E-state index is -0.519. The smallest absolute Gasteiger partial charge is 0.251 e. The van der Waals surface area contributed by atoms with E-state index in [1.807, 2.05) is 24.5 Å². The zero-order valence-corrected chi connectivity index (χ0v) is 19.3. The zero-order chi connectivity index (χ0) is 22.4. The van der Waals surface area contributed by atoms with E-state index < -0.39 is 5.82 Å². The van der Waals surface area contributed by atoms with Crippen molar-refractivity contribution < 1.29 is 14.0 Å². The second kappa shape index (κ2) is 10.5. The fourth-order valence-corrected chi connectivity index (χ4v) is 4.01. The number of nitrogens with one attached hydrogen (secondary N) is 2. The van der Waals surface area contributed by atoms with Gasteiger partial charge in [-0.25, -0.2) is 4.39 Å². The Bertz CT molecular complexity index is 1080. The van der Waals surface area contributed by atoms with Crippen LogP contribution in [0.2, 0.25) is 0 Å². The highest BCUT2D eigenvalue weighted by Gasteiger charge is 2.20. The molecule has 0 spiro atoms. The second-order valence-electron chi connectivity index (χ2n) is 6.61. The summed E-state index contributed by atoms with van der Waals surface area (Å²) < 4.78 is 16.3. The molecule has 0 aliphatic heterocycles. The number of anilines is 1. The largest absolute Gasteiger partial charge is 0.342 e. The number of amides is 2. The average molecular weight is 506 g/mol. The molecule has 0 saturated carbocycles. The standard InChI is InChI=1S/C21H21BrFN5O2S/c1-3-28-19(13(2)24-20(30)14-7-5-4-6-8-14)26-27-21(28)31-12-18(29)25-17-10-9-15(22)11-16(17)23/h4-11,13H,3,12H2,1-2H3,(H,24,30)(H,25,29)/t13-/m0/s1. The number of hydrogen-bond donors (Lipinski definition) is 2. The molecule has 0 aliphatic carbocycles. The van der Waals surface area contributed by atoms with Crippen LogP contribution in [0.15, 0.2) is 58.2 Å². The summed E-state index contributed by atoms with van der Waals surface area (Å²) in [5.41, 5.74) is 0.673. The van der Waals surface area contributed by atoms with E-state index in [1.54, 1.807) is 30.3 Å². The Balaban J connectivity index is 1.62. The topological polar surface area (TPSA) is 88.9 Å². The molecule has 2 N–H and O–H groups in total. The maximum atomic E-state index is 13.9. The fraction of sp³-hybridized carbons (Fsp3) is 0.238. The molecule has 0 radical (unpaired) electrons. The van der Waals surface area contributed by atoms with Crippen LogP contribution in [0, 0.1) is 5.82 Å². The Morgan fingerprint density at radius 2 is 1.94 bits per heavy atom. The van der Waals surface area contributed by atoms with E-state index in [-0.39, 0.29) is 29.3 Å². The Labute approximate surface area is 192 Å². The van der Waals surface area contributed by atoms with Gasteiger partial charge in [0.1, 0.15) is 5.82 Å². The number of thioether (sulfide) groups is 1. The average Bonchev–Trinajstić information content (AvgIpc) is 3.18. The van der Waals surface area contributed by atoms with E-state index in [1.165, 1.54) is 23.9 Å². The summed E-state index contributed by atoms with van der Waals surface area (Å²) in [6.45, 7) is 4.33. The molecule has 0 fully saturated rings. The summed E-state index contributed by atoms with van der Waals surface area (Å²) in [6.07, 6.45) is 0. The van der Waals surface area contributed by atoms with E-state index in [9.17, 15) is 14.0 Å². The highest BCUT2D eigenvalue weighted by atomic mass is 79.9. The van der Waals surface area contributed by atoms with Gasteiger partial charge < -0.3 is 15.2 Å². The maximum absolute atomic E-state index is 13.9. The first-order chi connectivity index (χ1) is 14.9. The zero-order valence-electron chi connectivity index (χ0n) is 16.9. The molecule has 3 aromatic rings. The van der Waals surface area contributed by atoms with E-state index in [4.69, 9.17) is 0 Å². The summed E-state index contributed by atoms with van der Waals surface area (Å²) in [4.78, 5) is 24.7. The van der Waals surface area contributed by atoms with Crippen molar-refractivity contribution in [2.45, 2.75) is 31.6 Å². The Morgan fingerprint density at radius 3 is 2.61 bits per heavy atom. The monoisotopic (exact) mass is 505 g/mol. The molecule has 2 amide bonds. The fourth-order valence-electron chi connectivity index (χ4n) is 2.87. The van der Waals surface area contributed by atoms with Crippen molar-refractivity contribution in [2.75, 3.05) is 11.1 Å². The van der Waals surface area contributed by atoms with Gasteiger partial charge in [0.25, 0.3) is 5.91 Å². The van der Waals surface area contributed by atoms with Crippen LogP contribution in [0.1, 0.15) is 36.1 Å². The molecule has 3 rings (SSSR count). The molecule has 1 atom stereocenters. The van der Waals surface area contributed by atoms with Gasteiger partial charge in [0.05, 0.1) is 17.5 Å². The van der Waals surface area contributed by atoms with Crippen LogP contribution in [0.25, 0.3) is 0 Å². The molecule has 7 nitrogen and oxygen atoms in total. The SMILES string of the molecule is CCn1c(SCC(=O)Nc2ccc(Br)cc2F)nnc1[C@H](C)NC(=O)c1ccccc1. The van der Waals surface area contributed by atoms with Crippen molar-refractivity contribution in [3.05, 3.63) is 70.2 Å². The molecule has 31 heavy (non-hydrogen) atoms. The van der Waals surface area contributed by atoms with Crippen LogP contribution in [0.4, 0.5) is 10.1 Å². The van der Waals surface area contributed by atoms with Crippen LogP contribution in [-0.2, 0) is 11.3 Å². The van der Waals surface area contributed by atoms with Gasteiger partial charge in [-0.15, -0.1) is 10.2 Å². The lowest BCUT2D eigenvalue weighted by molar-refractivity contribution is -0.113. The molecular weight excluding hydrogens is 485 g/mol. The first kappa shape index (κ1) is 23.0. The van der Waals surface area contributed by atoms with Crippen molar-refractivity contribution in [1.29, 1.82) is 0 Å². The van der Waals surface area contributed by atoms with Crippen molar-refractivity contribution >= 4 is 45.2 Å². The van der Waals surface area contributed by atoms with Crippen LogP contribution >= 0.6 is 27.7 Å². The highest BCUT2D eigenvalue weighted by molar-refractivity contribution is 9.10. The maximum Gasteiger partial charge on any atom is 0.251 e. The van der Waals surface area contributed by atoms with Crippen LogP contribution in [0.5, 0.6) is 0 Å². The molecular formula is C21H21BrFN5O2S. The predicted octanol–water partition coefficient (Wildman–Crippen LogP) is 4.42. The van der Waals surface area contributed by atoms with Crippen molar-refractivity contribution in [2.24, 2.45) is 0 Å². The third-order valence-corrected chi connectivity index (χ3v) is 5.83. The van der Waals surface area contributed by atoms with Gasteiger partial charge in [0.15, 0.2) is 11.0 Å². The molecule has 0 unspecified atom stereocenters. The van der Waals surface area contributed by atoms with Gasteiger partial charge in [-0.05, 0) is 44.2 Å². The van der Waals surface area contributed by atoms with Gasteiger partial charge in [-0.2, -0.15) is 0 Å². The number of carbonyl (C=O) groups is 2. The van der Waals surface area contributed by atoms with Gasteiger partial charge in [-0.3, -0.25) is 9.59 Å². The Kier molecular flexibility index (Phi) is 7.80. The molecule has 0 saturated heterocycles. The van der Waals surface area contributed by atoms with Gasteiger partial charge in [0.2, 0.25) is 5.91 Å². The number of halogens is 2. The third-order valence-electron chi connectivity index (χ3n) is 4.37. The molecule has 2 aromatic carbocycles. The van der Waals surface area contributed by atoms with E-state index in [0.29, 0.717) is 27.6 Å². The molecule has 0 aliphatic rings. The molecule has 10 heteroatoms. The van der Waals surface area contributed by atoms with Crippen LogP contribution in [-0.4, -0.2) is 32.3 Å². The normalized spacial score (nSPS) is 11.7. The van der Waals surface area contributed by atoms with Crippen molar-refractivity contribution in [3.63, 3.8) is 0 Å². The second-order valence-corrected chi connectivity index (χ2v) is 8.47. The molecule has 162 valence electrons. The van der Waals surface area contributed by atoms with Crippen LogP contribution < -0.4 is 10.6 Å². The summed E-state index contributed by atoms with van der Waals surface area (Å²) in [6, 6.07) is 13.0. The first-order valence-electron chi connectivity index (χ1n) is 9.55. The molecule has 1 heterocycles. The molecule has 0 bridgehead atoms. The summed E-state index contributed by atoms with van der Waals surface area (Å²) in [7, 11) is 0. The highest BCUT2D eigenvalue weighted by Crippen LogP contribution is 2.23. The van der Waals surface area contributed by atoms with E-state index in [2.05, 4.69) is 36.8 Å². The van der Waals surface area contributed by atoms with Gasteiger partial charge >= 0.3 is 0 Å². The van der Waals surface area contributed by atoms with Crippen molar-refractivity contribution in [3.8, 4) is 0 Å². The number of hydrogen-bond acceptors (Lipinski definition) is 5. The number of carbonyl (C=O) groups excluding carboxylic acids is 2. The van der Waals surface area contributed by atoms with Crippen LogP contribution in [0.3, 0.4) is 0 Å². The van der Waals surface area contributed by atoms with E-state index >= 15 is 0 Å². The Hall–Kier alpha value is -2.72. The lowest BCUT2D eigenvalue weighted by atomic mass is 10.2. The van der Waals surface area contributed by atoms with E-state index in [0.717, 1.165) is 0 Å². The number of aromatic nitrogens is 3. The van der Waals surface area contributed by atoms with Gasteiger partial charge in [0, 0.05) is 16.6 Å². The quantitative estimate of drug-likeness (QED) is 0.442. The van der Waals surface area contributed by atoms with Crippen molar-refractivity contribution in [1.82, 2.24) is 20.1 Å². The minimum absolute atomic E-state index is 0.0401. The lowest BCUT2D eigenvalue weighted by Crippen LogP contribution is -2.28. The summed E-state index contributed by atoms with van der Waals surface area (Å²) >= 11 is 4.38. The number of rotatable bonds is 8. The molecule has 1 aromatic heterocycles. The van der Waals surface area contributed by atoms with Gasteiger partial charge in [-0.1, -0.05) is 45.9 Å². The Morgan fingerprint density at radius 1 is 1.19 bits per heavy atom.